The van der Waals surface area contributed by atoms with Crippen LogP contribution in [-0.4, -0.2) is 32.1 Å². The van der Waals surface area contributed by atoms with Crippen molar-refractivity contribution < 1.29 is 33.3 Å². The second-order valence-electron chi connectivity index (χ2n) is 5.67. The molecule has 1 unspecified atom stereocenters. The first kappa shape index (κ1) is 20.5. The molecule has 0 radical (unpaired) electrons. The van der Waals surface area contributed by atoms with Gasteiger partial charge in [-0.1, -0.05) is 12.1 Å². The first-order valence-corrected chi connectivity index (χ1v) is 8.06. The summed E-state index contributed by atoms with van der Waals surface area (Å²) in [6, 6.07) is 8.08. The Morgan fingerprint density at radius 2 is 1.82 bits per heavy atom. The number of hydrogen-bond donors (Lipinski definition) is 1. The van der Waals surface area contributed by atoms with E-state index in [2.05, 4.69) is 4.74 Å². The van der Waals surface area contributed by atoms with Crippen LogP contribution in [0.25, 0.3) is 0 Å². The maximum atomic E-state index is 12.5. The van der Waals surface area contributed by atoms with Gasteiger partial charge in [-0.15, -0.1) is 0 Å². The molecule has 9 heteroatoms. The predicted molar refractivity (Wildman–Crippen MR) is 94.1 cm³/mol. The number of nitriles is 1. The largest absolute Gasteiger partial charge is 0.469 e. The average molecular weight is 386 g/mol. The summed E-state index contributed by atoms with van der Waals surface area (Å²) >= 11 is 0. The van der Waals surface area contributed by atoms with Crippen molar-refractivity contribution in [1.29, 1.82) is 5.26 Å². The normalized spacial score (nSPS) is 16.0. The second kappa shape index (κ2) is 8.73. The predicted octanol–water partition coefficient (Wildman–Crippen LogP) is 1.41. The van der Waals surface area contributed by atoms with Gasteiger partial charge in [-0.2, -0.15) is 5.26 Å². The minimum Gasteiger partial charge on any atom is -0.469 e. The molecule has 0 bridgehead atoms. The summed E-state index contributed by atoms with van der Waals surface area (Å²) in [5.74, 6) is -2.88. The Morgan fingerprint density at radius 1 is 1.18 bits per heavy atom. The third kappa shape index (κ3) is 4.29. The van der Waals surface area contributed by atoms with Crippen LogP contribution < -0.4 is 10.5 Å². The molecule has 0 amide bonds. The number of methoxy groups -OCH3 is 2. The molecule has 0 saturated heterocycles. The fourth-order valence-corrected chi connectivity index (χ4v) is 2.71. The smallest absolute Gasteiger partial charge is 0.338 e. The quantitative estimate of drug-likeness (QED) is 0.588. The molecular formula is C19H18N2O7. The first-order valence-electron chi connectivity index (χ1n) is 8.06. The van der Waals surface area contributed by atoms with Gasteiger partial charge in [0.1, 0.15) is 29.6 Å². The number of esters is 3. The van der Waals surface area contributed by atoms with Crippen LogP contribution in [0, 0.1) is 11.3 Å². The van der Waals surface area contributed by atoms with Crippen LogP contribution in [0.4, 0.5) is 0 Å². The Balaban J connectivity index is 2.60. The summed E-state index contributed by atoms with van der Waals surface area (Å²) in [5.41, 5.74) is 6.28. The third-order valence-electron chi connectivity index (χ3n) is 3.91. The maximum absolute atomic E-state index is 12.5. The Hall–Kier alpha value is -3.80. The molecule has 28 heavy (non-hydrogen) atoms. The lowest BCUT2D eigenvalue weighted by Gasteiger charge is -2.27. The van der Waals surface area contributed by atoms with Crippen molar-refractivity contribution in [3.8, 4) is 11.8 Å². The van der Waals surface area contributed by atoms with Gasteiger partial charge in [0.2, 0.25) is 5.88 Å². The highest BCUT2D eigenvalue weighted by atomic mass is 16.5. The highest BCUT2D eigenvalue weighted by molar-refractivity contribution is 5.93. The molecular weight excluding hydrogens is 368 g/mol. The summed E-state index contributed by atoms with van der Waals surface area (Å²) in [6.07, 6.45) is -0.373. The second-order valence-corrected chi connectivity index (χ2v) is 5.67. The van der Waals surface area contributed by atoms with Crippen molar-refractivity contribution in [2.24, 2.45) is 5.73 Å². The van der Waals surface area contributed by atoms with E-state index in [0.29, 0.717) is 5.56 Å². The summed E-state index contributed by atoms with van der Waals surface area (Å²) in [5, 5.41) is 9.55. The van der Waals surface area contributed by atoms with Gasteiger partial charge in [0.15, 0.2) is 0 Å². The highest BCUT2D eigenvalue weighted by Crippen LogP contribution is 2.41. The number of carbonyl (C=O) groups is 3. The Morgan fingerprint density at radius 3 is 2.32 bits per heavy atom. The van der Waals surface area contributed by atoms with E-state index in [1.165, 1.54) is 33.3 Å². The summed E-state index contributed by atoms with van der Waals surface area (Å²) in [6.45, 7) is 1.26. The number of carbonyl (C=O) groups excluding carboxylic acids is 3. The molecule has 1 aliphatic rings. The standard InChI is InChI=1S/C19H18N2O7/c1-10(22)27-12-6-4-11(5-7-12)16-13(9-20)18(21)28-14(8-15(23)25-2)17(16)19(24)26-3/h4-7,16H,8,21H2,1-3H3. The first-order chi connectivity index (χ1) is 13.3. The summed E-state index contributed by atoms with van der Waals surface area (Å²) in [7, 11) is 2.36. The van der Waals surface area contributed by atoms with Gasteiger partial charge in [0, 0.05) is 6.92 Å². The van der Waals surface area contributed by atoms with Gasteiger partial charge in [0.25, 0.3) is 0 Å². The lowest BCUT2D eigenvalue weighted by atomic mass is 9.82. The van der Waals surface area contributed by atoms with Crippen molar-refractivity contribution in [2.75, 3.05) is 14.2 Å². The van der Waals surface area contributed by atoms with E-state index >= 15 is 0 Å². The zero-order chi connectivity index (χ0) is 20.8. The molecule has 2 rings (SSSR count). The Labute approximate surface area is 160 Å². The number of nitrogens with two attached hydrogens (primary N) is 1. The van der Waals surface area contributed by atoms with Crippen LogP contribution in [-0.2, 0) is 28.6 Å². The molecule has 0 fully saturated rings. The molecule has 0 aliphatic carbocycles. The van der Waals surface area contributed by atoms with Crippen LogP contribution >= 0.6 is 0 Å². The topological polar surface area (TPSA) is 138 Å². The van der Waals surface area contributed by atoms with Gasteiger partial charge in [-0.3, -0.25) is 9.59 Å². The van der Waals surface area contributed by atoms with Gasteiger partial charge in [0.05, 0.1) is 25.7 Å². The number of ether oxygens (including phenoxy) is 4. The Bertz CT molecular complexity index is 907. The van der Waals surface area contributed by atoms with E-state index in [0.717, 1.165) is 0 Å². The lowest BCUT2D eigenvalue weighted by Crippen LogP contribution is -2.26. The zero-order valence-corrected chi connectivity index (χ0v) is 15.5. The van der Waals surface area contributed by atoms with E-state index in [1.54, 1.807) is 12.1 Å². The summed E-state index contributed by atoms with van der Waals surface area (Å²) < 4.78 is 19.8. The molecule has 1 aromatic rings. The van der Waals surface area contributed by atoms with E-state index in [9.17, 15) is 19.6 Å². The summed E-state index contributed by atoms with van der Waals surface area (Å²) in [4.78, 5) is 35.3. The molecule has 9 nitrogen and oxygen atoms in total. The highest BCUT2D eigenvalue weighted by Gasteiger charge is 2.38. The maximum Gasteiger partial charge on any atom is 0.338 e. The number of hydrogen-bond acceptors (Lipinski definition) is 9. The molecule has 0 aromatic heterocycles. The molecule has 146 valence electrons. The van der Waals surface area contributed by atoms with Crippen LogP contribution in [0.2, 0.25) is 0 Å². The minimum absolute atomic E-state index is 0.0192. The van der Waals surface area contributed by atoms with Crippen LogP contribution in [0.3, 0.4) is 0 Å². The van der Waals surface area contributed by atoms with Crippen molar-refractivity contribution in [2.45, 2.75) is 19.3 Å². The fourth-order valence-electron chi connectivity index (χ4n) is 2.71. The van der Waals surface area contributed by atoms with Crippen molar-refractivity contribution in [3.05, 3.63) is 52.6 Å². The lowest BCUT2D eigenvalue weighted by molar-refractivity contribution is -0.140. The molecule has 2 N–H and O–H groups in total. The van der Waals surface area contributed by atoms with Crippen molar-refractivity contribution in [1.82, 2.24) is 0 Å². The van der Waals surface area contributed by atoms with Crippen LogP contribution in [0.5, 0.6) is 5.75 Å². The fraction of sp³-hybridized carbons (Fsp3) is 0.263. The Kier molecular flexibility index (Phi) is 6.39. The van der Waals surface area contributed by atoms with E-state index in [-0.39, 0.29) is 35.0 Å². The molecule has 1 aromatic carbocycles. The van der Waals surface area contributed by atoms with Crippen LogP contribution in [0.1, 0.15) is 24.8 Å². The minimum atomic E-state index is -0.933. The monoisotopic (exact) mass is 386 g/mol. The van der Waals surface area contributed by atoms with E-state index in [1.807, 2.05) is 6.07 Å². The van der Waals surface area contributed by atoms with Gasteiger partial charge >= 0.3 is 17.9 Å². The van der Waals surface area contributed by atoms with Gasteiger partial charge in [-0.05, 0) is 17.7 Å². The molecule has 1 aliphatic heterocycles. The molecule has 0 saturated carbocycles. The number of nitrogens with zero attached hydrogens (tertiary/aromatic N) is 1. The van der Waals surface area contributed by atoms with Crippen molar-refractivity contribution in [3.63, 3.8) is 0 Å². The third-order valence-corrected chi connectivity index (χ3v) is 3.91. The SMILES string of the molecule is COC(=O)CC1=C(C(=O)OC)C(c2ccc(OC(C)=O)cc2)C(C#N)=C(N)O1. The number of rotatable bonds is 5. The molecule has 1 atom stereocenters. The van der Waals surface area contributed by atoms with Gasteiger partial charge < -0.3 is 24.7 Å². The molecule has 0 spiro atoms. The molecule has 1 heterocycles. The number of allylic oxidation sites excluding steroid dienone is 1. The van der Waals surface area contributed by atoms with E-state index in [4.69, 9.17) is 19.9 Å². The van der Waals surface area contributed by atoms with Gasteiger partial charge in [-0.25, -0.2) is 4.79 Å². The zero-order valence-electron chi connectivity index (χ0n) is 15.5. The average Bonchev–Trinajstić information content (AvgIpc) is 2.67. The van der Waals surface area contributed by atoms with Crippen molar-refractivity contribution >= 4 is 17.9 Å². The van der Waals surface area contributed by atoms with E-state index < -0.39 is 23.8 Å². The van der Waals surface area contributed by atoms with Crippen LogP contribution in [0.15, 0.2) is 47.1 Å². The number of benzene rings is 1.